The van der Waals surface area contributed by atoms with Crippen LogP contribution in [-0.2, 0) is 16.4 Å². The number of benzene rings is 1. The average Bonchev–Trinajstić information content (AvgIpc) is 2.85. The molecule has 0 fully saturated rings. The first-order valence-corrected chi connectivity index (χ1v) is 7.09. The molecule has 0 spiro atoms. The molecule has 2 aromatic rings. The maximum Gasteiger partial charge on any atom is 0.240 e. The minimum atomic E-state index is -3.57. The minimum Gasteiger partial charge on any atom is -0.398 e. The highest BCUT2D eigenvalue weighted by Gasteiger charge is 2.14. The molecule has 0 saturated heterocycles. The van der Waals surface area contributed by atoms with Crippen molar-refractivity contribution in [2.24, 2.45) is 0 Å². The van der Waals surface area contributed by atoms with Gasteiger partial charge in [-0.05, 0) is 24.6 Å². The third-order valence-corrected chi connectivity index (χ3v) is 4.06. The SMILES string of the molecule is Cc1ccc(S(=O)(=O)NCCc2ncno2)cc1N. The quantitative estimate of drug-likeness (QED) is 0.772. The summed E-state index contributed by atoms with van der Waals surface area (Å²) in [5.41, 5.74) is 6.98. The molecule has 3 N–H and O–H groups in total. The van der Waals surface area contributed by atoms with Crippen molar-refractivity contribution < 1.29 is 12.9 Å². The molecule has 0 saturated carbocycles. The van der Waals surface area contributed by atoms with Crippen LogP contribution in [0.25, 0.3) is 0 Å². The molecule has 0 unspecified atom stereocenters. The number of nitrogens with two attached hydrogens (primary N) is 1. The zero-order valence-electron chi connectivity index (χ0n) is 10.3. The Kier molecular flexibility index (Phi) is 3.82. The zero-order valence-corrected chi connectivity index (χ0v) is 11.1. The van der Waals surface area contributed by atoms with Crippen molar-refractivity contribution in [2.75, 3.05) is 12.3 Å². The standard InChI is InChI=1S/C11H14N4O3S/c1-8-2-3-9(6-10(8)12)19(16,17)15-5-4-11-13-7-14-18-11/h2-3,6-7,15H,4-5,12H2,1H3. The van der Waals surface area contributed by atoms with Crippen molar-refractivity contribution >= 4 is 15.7 Å². The Morgan fingerprint density at radius 3 is 2.84 bits per heavy atom. The van der Waals surface area contributed by atoms with Crippen LogP contribution in [-0.4, -0.2) is 25.1 Å². The van der Waals surface area contributed by atoms with E-state index in [0.29, 0.717) is 18.0 Å². The molecule has 0 aliphatic carbocycles. The van der Waals surface area contributed by atoms with Gasteiger partial charge in [-0.3, -0.25) is 0 Å². The molecule has 0 aliphatic rings. The van der Waals surface area contributed by atoms with Crippen LogP contribution in [0.1, 0.15) is 11.5 Å². The molecule has 2 rings (SSSR count). The first kappa shape index (κ1) is 13.5. The smallest absolute Gasteiger partial charge is 0.240 e. The van der Waals surface area contributed by atoms with Gasteiger partial charge in [0.1, 0.15) is 0 Å². The van der Waals surface area contributed by atoms with Gasteiger partial charge in [0.05, 0.1) is 4.90 Å². The number of sulfonamides is 1. The lowest BCUT2D eigenvalue weighted by molar-refractivity contribution is 0.377. The fourth-order valence-electron chi connectivity index (χ4n) is 1.47. The maximum absolute atomic E-state index is 12.0. The van der Waals surface area contributed by atoms with Gasteiger partial charge in [0, 0.05) is 18.7 Å². The summed E-state index contributed by atoms with van der Waals surface area (Å²) in [5.74, 6) is 0.381. The Hall–Kier alpha value is -1.93. The Balaban J connectivity index is 2.03. The molecule has 8 heteroatoms. The van der Waals surface area contributed by atoms with E-state index in [9.17, 15) is 8.42 Å². The fraction of sp³-hybridized carbons (Fsp3) is 0.273. The highest BCUT2D eigenvalue weighted by atomic mass is 32.2. The number of aromatic nitrogens is 2. The largest absolute Gasteiger partial charge is 0.398 e. The Morgan fingerprint density at radius 1 is 1.42 bits per heavy atom. The molecule has 7 nitrogen and oxygen atoms in total. The summed E-state index contributed by atoms with van der Waals surface area (Å²) >= 11 is 0. The van der Waals surface area contributed by atoms with Gasteiger partial charge in [0.15, 0.2) is 6.33 Å². The Bertz CT molecular complexity index is 653. The van der Waals surface area contributed by atoms with Crippen LogP contribution in [0.5, 0.6) is 0 Å². The van der Waals surface area contributed by atoms with Gasteiger partial charge < -0.3 is 10.3 Å². The summed E-state index contributed by atoms with van der Waals surface area (Å²) in [6.45, 7) is 1.99. The summed E-state index contributed by atoms with van der Waals surface area (Å²) < 4.78 is 31.2. The predicted octanol–water partition coefficient (Wildman–Crippen LogP) is 0.481. The second-order valence-corrected chi connectivity index (χ2v) is 5.77. The minimum absolute atomic E-state index is 0.140. The Morgan fingerprint density at radius 2 is 2.21 bits per heavy atom. The number of hydrogen-bond acceptors (Lipinski definition) is 6. The van der Waals surface area contributed by atoms with Gasteiger partial charge in [-0.2, -0.15) is 4.98 Å². The average molecular weight is 282 g/mol. The summed E-state index contributed by atoms with van der Waals surface area (Å²) in [6, 6.07) is 4.62. The molecule has 0 aliphatic heterocycles. The number of nitrogens with zero attached hydrogens (tertiary/aromatic N) is 2. The van der Waals surface area contributed by atoms with E-state index >= 15 is 0 Å². The zero-order chi connectivity index (χ0) is 13.9. The van der Waals surface area contributed by atoms with E-state index in [1.54, 1.807) is 6.07 Å². The number of hydrogen-bond donors (Lipinski definition) is 2. The number of rotatable bonds is 5. The lowest BCUT2D eigenvalue weighted by atomic mass is 10.2. The maximum atomic E-state index is 12.0. The highest BCUT2D eigenvalue weighted by molar-refractivity contribution is 7.89. The van der Waals surface area contributed by atoms with Crippen molar-refractivity contribution in [2.45, 2.75) is 18.2 Å². The van der Waals surface area contributed by atoms with Crippen molar-refractivity contribution in [1.29, 1.82) is 0 Å². The summed E-state index contributed by atoms with van der Waals surface area (Å²) in [5, 5.41) is 3.44. The van der Waals surface area contributed by atoms with E-state index in [1.807, 2.05) is 6.92 Å². The normalized spacial score (nSPS) is 11.6. The summed E-state index contributed by atoms with van der Waals surface area (Å²) in [6.07, 6.45) is 1.60. The second-order valence-electron chi connectivity index (χ2n) is 4.00. The van der Waals surface area contributed by atoms with Crippen LogP contribution in [0, 0.1) is 6.92 Å². The van der Waals surface area contributed by atoms with Crippen LogP contribution >= 0.6 is 0 Å². The molecule has 0 radical (unpaired) electrons. The fourth-order valence-corrected chi connectivity index (χ4v) is 2.53. The van der Waals surface area contributed by atoms with E-state index in [4.69, 9.17) is 10.3 Å². The lowest BCUT2D eigenvalue weighted by Gasteiger charge is -2.07. The van der Waals surface area contributed by atoms with Crippen molar-refractivity contribution in [1.82, 2.24) is 14.9 Å². The van der Waals surface area contributed by atoms with Gasteiger partial charge >= 0.3 is 0 Å². The van der Waals surface area contributed by atoms with E-state index in [1.165, 1.54) is 18.5 Å². The molecule has 1 aromatic carbocycles. The molecule has 1 heterocycles. The van der Waals surface area contributed by atoms with Gasteiger partial charge in [-0.1, -0.05) is 11.2 Å². The predicted molar refractivity (Wildman–Crippen MR) is 68.8 cm³/mol. The molecular formula is C11H14N4O3S. The van der Waals surface area contributed by atoms with Crippen LogP contribution in [0.15, 0.2) is 33.9 Å². The highest BCUT2D eigenvalue weighted by Crippen LogP contribution is 2.16. The number of nitrogens with one attached hydrogen (secondary N) is 1. The Labute approximate surface area is 110 Å². The third kappa shape index (κ3) is 3.30. The number of aryl methyl sites for hydroxylation is 1. The van der Waals surface area contributed by atoms with E-state index in [-0.39, 0.29) is 11.4 Å². The van der Waals surface area contributed by atoms with Crippen LogP contribution in [0.2, 0.25) is 0 Å². The molecule has 19 heavy (non-hydrogen) atoms. The molecule has 0 amide bonds. The van der Waals surface area contributed by atoms with Gasteiger partial charge in [-0.25, -0.2) is 13.1 Å². The summed E-state index contributed by atoms with van der Waals surface area (Å²) in [7, 11) is -3.57. The lowest BCUT2D eigenvalue weighted by Crippen LogP contribution is -2.26. The van der Waals surface area contributed by atoms with Gasteiger partial charge in [0.25, 0.3) is 0 Å². The molecule has 0 atom stereocenters. The van der Waals surface area contributed by atoms with E-state index < -0.39 is 10.0 Å². The van der Waals surface area contributed by atoms with Crippen LogP contribution in [0.4, 0.5) is 5.69 Å². The topological polar surface area (TPSA) is 111 Å². The third-order valence-electron chi connectivity index (χ3n) is 2.60. The molecule has 0 bridgehead atoms. The number of anilines is 1. The molecule has 102 valence electrons. The van der Waals surface area contributed by atoms with Crippen molar-refractivity contribution in [3.63, 3.8) is 0 Å². The molecule has 1 aromatic heterocycles. The van der Waals surface area contributed by atoms with Crippen molar-refractivity contribution in [3.8, 4) is 0 Å². The monoisotopic (exact) mass is 282 g/mol. The van der Waals surface area contributed by atoms with Gasteiger partial charge in [0.2, 0.25) is 15.9 Å². The van der Waals surface area contributed by atoms with Crippen LogP contribution < -0.4 is 10.5 Å². The first-order chi connectivity index (χ1) is 8.99. The van der Waals surface area contributed by atoms with Crippen LogP contribution in [0.3, 0.4) is 0 Å². The summed E-state index contributed by atoms with van der Waals surface area (Å²) in [4.78, 5) is 3.94. The van der Waals surface area contributed by atoms with E-state index in [0.717, 1.165) is 5.56 Å². The molecular weight excluding hydrogens is 268 g/mol. The first-order valence-electron chi connectivity index (χ1n) is 5.60. The van der Waals surface area contributed by atoms with Crippen molar-refractivity contribution in [3.05, 3.63) is 36.0 Å². The number of nitrogen functional groups attached to an aromatic ring is 1. The second kappa shape index (κ2) is 5.37. The van der Waals surface area contributed by atoms with E-state index in [2.05, 4.69) is 14.9 Å². The van der Waals surface area contributed by atoms with Gasteiger partial charge in [-0.15, -0.1) is 0 Å².